The van der Waals surface area contributed by atoms with Crippen LogP contribution in [0.5, 0.6) is 0 Å². The summed E-state index contributed by atoms with van der Waals surface area (Å²) in [6.45, 7) is 1.07. The van der Waals surface area contributed by atoms with Crippen molar-refractivity contribution in [2.75, 3.05) is 26.1 Å². The van der Waals surface area contributed by atoms with Gasteiger partial charge >= 0.3 is 5.97 Å². The molecule has 0 N–H and O–H groups in total. The molecule has 0 saturated carbocycles. The van der Waals surface area contributed by atoms with Crippen LogP contribution in [0.25, 0.3) is 0 Å². The molecule has 0 bridgehead atoms. The Morgan fingerprint density at radius 3 is 2.21 bits per heavy atom. The number of nitrogens with zero attached hydrogens (tertiary/aromatic N) is 2. The molecule has 24 heavy (non-hydrogen) atoms. The molecule has 3 rings (SSSR count). The second-order valence-electron chi connectivity index (χ2n) is 6.08. The summed E-state index contributed by atoms with van der Waals surface area (Å²) >= 11 is 0. The molecule has 0 saturated heterocycles. The van der Waals surface area contributed by atoms with Crippen molar-refractivity contribution in [2.24, 2.45) is 0 Å². The normalized spacial score (nSPS) is 12.7. The van der Waals surface area contributed by atoms with Gasteiger partial charge in [0.25, 0.3) is 5.91 Å². The van der Waals surface area contributed by atoms with Crippen molar-refractivity contribution in [1.29, 1.82) is 0 Å². The number of hydrogen-bond donors (Lipinski definition) is 0. The van der Waals surface area contributed by atoms with Gasteiger partial charge in [0.05, 0.1) is 12.7 Å². The summed E-state index contributed by atoms with van der Waals surface area (Å²) in [5, 5.41) is 0. The quantitative estimate of drug-likeness (QED) is 0.815. The van der Waals surface area contributed by atoms with E-state index in [2.05, 4.69) is 0 Å². The minimum atomic E-state index is -0.359. The van der Waals surface area contributed by atoms with Crippen molar-refractivity contribution in [3.05, 3.63) is 64.7 Å². The molecule has 0 fully saturated rings. The Morgan fingerprint density at radius 2 is 1.58 bits per heavy atom. The number of amides is 1. The lowest BCUT2D eigenvalue weighted by molar-refractivity contribution is 0.0600. The highest BCUT2D eigenvalue weighted by molar-refractivity contribution is 5.95. The molecule has 0 spiro atoms. The number of fused-ring (bicyclic) bond motifs is 1. The number of benzene rings is 2. The van der Waals surface area contributed by atoms with E-state index in [1.165, 1.54) is 7.11 Å². The van der Waals surface area contributed by atoms with Crippen LogP contribution in [0.15, 0.2) is 42.5 Å². The van der Waals surface area contributed by atoms with Gasteiger partial charge in [0.15, 0.2) is 0 Å². The highest BCUT2D eigenvalue weighted by atomic mass is 16.5. The fraction of sp³-hybridized carbons (Fsp3) is 0.263. The van der Waals surface area contributed by atoms with Gasteiger partial charge in [-0.25, -0.2) is 4.79 Å². The molecule has 1 aliphatic rings. The zero-order valence-electron chi connectivity index (χ0n) is 14.1. The molecule has 1 heterocycles. The summed E-state index contributed by atoms with van der Waals surface area (Å²) in [5.74, 6) is -0.363. The maximum Gasteiger partial charge on any atom is 0.337 e. The van der Waals surface area contributed by atoms with Crippen LogP contribution < -0.4 is 4.90 Å². The minimum Gasteiger partial charge on any atom is -0.465 e. The number of rotatable bonds is 3. The second kappa shape index (κ2) is 6.35. The topological polar surface area (TPSA) is 49.9 Å². The molecule has 2 aromatic rings. The summed E-state index contributed by atoms with van der Waals surface area (Å²) in [5.41, 5.74) is 4.30. The number of anilines is 1. The first-order chi connectivity index (χ1) is 11.5. The van der Waals surface area contributed by atoms with Crippen LogP contribution in [-0.4, -0.2) is 38.0 Å². The SMILES string of the molecule is COC(=O)c1ccc2c(c1)CN(C(=O)c1ccc(N(C)C)cc1)C2. The van der Waals surface area contributed by atoms with Crippen LogP contribution in [0.2, 0.25) is 0 Å². The maximum atomic E-state index is 12.7. The third kappa shape index (κ3) is 2.97. The average molecular weight is 324 g/mol. The van der Waals surface area contributed by atoms with Crippen LogP contribution in [0.1, 0.15) is 31.8 Å². The van der Waals surface area contributed by atoms with Crippen molar-refractivity contribution in [3.8, 4) is 0 Å². The van der Waals surface area contributed by atoms with Gasteiger partial charge in [0, 0.05) is 38.4 Å². The highest BCUT2D eigenvalue weighted by Crippen LogP contribution is 2.26. The second-order valence-corrected chi connectivity index (χ2v) is 6.08. The van der Waals surface area contributed by atoms with Gasteiger partial charge in [-0.3, -0.25) is 4.79 Å². The van der Waals surface area contributed by atoms with Crippen molar-refractivity contribution < 1.29 is 14.3 Å². The fourth-order valence-corrected chi connectivity index (χ4v) is 2.87. The van der Waals surface area contributed by atoms with Crippen LogP contribution in [0.4, 0.5) is 5.69 Å². The van der Waals surface area contributed by atoms with Gasteiger partial charge in [0.2, 0.25) is 0 Å². The molecule has 0 radical (unpaired) electrons. The number of hydrogen-bond acceptors (Lipinski definition) is 4. The Labute approximate surface area is 141 Å². The largest absolute Gasteiger partial charge is 0.465 e. The molecule has 0 aromatic heterocycles. The number of carbonyl (C=O) groups excluding carboxylic acids is 2. The number of methoxy groups -OCH3 is 1. The molecular formula is C19H20N2O3. The summed E-state index contributed by atoms with van der Waals surface area (Å²) < 4.78 is 4.75. The molecular weight excluding hydrogens is 304 g/mol. The smallest absolute Gasteiger partial charge is 0.337 e. The van der Waals surface area contributed by atoms with Gasteiger partial charge in [-0.15, -0.1) is 0 Å². The van der Waals surface area contributed by atoms with Crippen molar-refractivity contribution in [2.45, 2.75) is 13.1 Å². The van der Waals surface area contributed by atoms with Gasteiger partial charge in [-0.05, 0) is 47.5 Å². The summed E-state index contributed by atoms with van der Waals surface area (Å²) in [4.78, 5) is 28.1. The van der Waals surface area contributed by atoms with Gasteiger partial charge in [-0.2, -0.15) is 0 Å². The predicted molar refractivity (Wildman–Crippen MR) is 92.1 cm³/mol. The molecule has 0 aliphatic carbocycles. The Hall–Kier alpha value is -2.82. The molecule has 5 heteroatoms. The van der Waals surface area contributed by atoms with Gasteiger partial charge < -0.3 is 14.5 Å². The maximum absolute atomic E-state index is 12.7. The first-order valence-electron chi connectivity index (χ1n) is 7.76. The third-order valence-corrected chi connectivity index (χ3v) is 4.27. The van der Waals surface area contributed by atoms with Gasteiger partial charge in [-0.1, -0.05) is 6.07 Å². The van der Waals surface area contributed by atoms with E-state index >= 15 is 0 Å². The highest BCUT2D eigenvalue weighted by Gasteiger charge is 2.25. The van der Waals surface area contributed by atoms with E-state index in [9.17, 15) is 9.59 Å². The molecule has 124 valence electrons. The van der Waals surface area contributed by atoms with Gasteiger partial charge in [0.1, 0.15) is 0 Å². The lowest BCUT2D eigenvalue weighted by atomic mass is 10.1. The zero-order valence-corrected chi connectivity index (χ0v) is 14.1. The van der Waals surface area contributed by atoms with Crippen molar-refractivity contribution >= 4 is 17.6 Å². The lowest BCUT2D eigenvalue weighted by Crippen LogP contribution is -2.25. The van der Waals surface area contributed by atoms with E-state index < -0.39 is 0 Å². The van der Waals surface area contributed by atoms with E-state index in [1.54, 1.807) is 11.0 Å². The van der Waals surface area contributed by atoms with E-state index in [0.29, 0.717) is 24.2 Å². The van der Waals surface area contributed by atoms with E-state index in [0.717, 1.165) is 16.8 Å². The molecule has 2 aromatic carbocycles. The third-order valence-electron chi connectivity index (χ3n) is 4.27. The molecule has 1 amide bonds. The molecule has 5 nitrogen and oxygen atoms in total. The Bertz CT molecular complexity index is 782. The van der Waals surface area contributed by atoms with Crippen LogP contribution in [-0.2, 0) is 17.8 Å². The van der Waals surface area contributed by atoms with Crippen LogP contribution >= 0.6 is 0 Å². The first-order valence-corrected chi connectivity index (χ1v) is 7.76. The minimum absolute atomic E-state index is 0.00359. The van der Waals surface area contributed by atoms with Crippen molar-refractivity contribution in [1.82, 2.24) is 4.90 Å². The lowest BCUT2D eigenvalue weighted by Gasteiger charge is -2.17. The number of carbonyl (C=O) groups is 2. The Kier molecular flexibility index (Phi) is 4.25. The molecule has 0 unspecified atom stereocenters. The number of esters is 1. The predicted octanol–water partition coefficient (Wildman–Crippen LogP) is 2.70. The standard InChI is InChI=1S/C19H20N2O3/c1-20(2)17-8-6-13(7-9-17)18(22)21-11-15-5-4-14(19(23)24-3)10-16(15)12-21/h4-10H,11-12H2,1-3H3. The van der Waals surface area contributed by atoms with E-state index in [-0.39, 0.29) is 11.9 Å². The van der Waals surface area contributed by atoms with E-state index in [4.69, 9.17) is 4.74 Å². The van der Waals surface area contributed by atoms with Crippen LogP contribution in [0, 0.1) is 0 Å². The fourth-order valence-electron chi connectivity index (χ4n) is 2.87. The first kappa shape index (κ1) is 16.1. The van der Waals surface area contributed by atoms with Crippen LogP contribution in [0.3, 0.4) is 0 Å². The average Bonchev–Trinajstić information content (AvgIpc) is 3.03. The summed E-state index contributed by atoms with van der Waals surface area (Å²) in [6.07, 6.45) is 0. The monoisotopic (exact) mass is 324 g/mol. The molecule has 1 aliphatic heterocycles. The Morgan fingerprint density at radius 1 is 0.958 bits per heavy atom. The zero-order chi connectivity index (χ0) is 17.3. The van der Waals surface area contributed by atoms with Crippen molar-refractivity contribution in [3.63, 3.8) is 0 Å². The Balaban J connectivity index is 1.77. The number of ether oxygens (including phenoxy) is 1. The summed E-state index contributed by atoms with van der Waals surface area (Å²) in [6, 6.07) is 13.0. The summed E-state index contributed by atoms with van der Waals surface area (Å²) in [7, 11) is 5.29. The van der Waals surface area contributed by atoms with E-state index in [1.807, 2.05) is 55.4 Å². The molecule has 0 atom stereocenters.